The largest absolute Gasteiger partial charge is 0.493 e. The van der Waals surface area contributed by atoms with Crippen LogP contribution in [0.25, 0.3) is 0 Å². The van der Waals surface area contributed by atoms with Crippen molar-refractivity contribution in [3.8, 4) is 23.3 Å². The second kappa shape index (κ2) is 9.56. The van der Waals surface area contributed by atoms with E-state index in [-0.39, 0.29) is 46.6 Å². The molecule has 0 bridgehead atoms. The number of allylic oxidation sites excluding steroid dienone is 2. The van der Waals surface area contributed by atoms with E-state index < -0.39 is 24.5 Å². The molecular formula is C20H22N2O8. The molecule has 160 valence electrons. The summed E-state index contributed by atoms with van der Waals surface area (Å²) in [6.07, 6.45) is 0. The van der Waals surface area contributed by atoms with Gasteiger partial charge in [-0.3, -0.25) is 0 Å². The van der Waals surface area contributed by atoms with Crippen LogP contribution in [0, 0.1) is 11.3 Å². The van der Waals surface area contributed by atoms with Gasteiger partial charge < -0.3 is 34.5 Å². The first kappa shape index (κ1) is 22.4. The van der Waals surface area contributed by atoms with Gasteiger partial charge in [0.2, 0.25) is 11.6 Å². The molecule has 0 spiro atoms. The van der Waals surface area contributed by atoms with E-state index in [1.54, 1.807) is 13.8 Å². The van der Waals surface area contributed by atoms with Gasteiger partial charge in [0.15, 0.2) is 18.1 Å². The predicted molar refractivity (Wildman–Crippen MR) is 103 cm³/mol. The van der Waals surface area contributed by atoms with Crippen LogP contribution in [0.5, 0.6) is 17.2 Å². The number of carbonyl (C=O) groups is 2. The number of carboxylic acids is 1. The highest BCUT2D eigenvalue weighted by molar-refractivity contribution is 5.92. The molecule has 10 heteroatoms. The summed E-state index contributed by atoms with van der Waals surface area (Å²) in [7, 11) is 2.72. The predicted octanol–water partition coefficient (Wildman–Crippen LogP) is 1.81. The summed E-state index contributed by atoms with van der Waals surface area (Å²) in [5, 5.41) is 18.6. The molecule has 1 aliphatic rings. The SMILES string of the molecule is CCOC(=O)C1=C(C)OC(N)=C(C#N)C1c1cc(OC)c(OCC(=O)O)c(OC)c1. The van der Waals surface area contributed by atoms with Crippen molar-refractivity contribution in [3.05, 3.63) is 40.5 Å². The quantitative estimate of drug-likeness (QED) is 0.598. The molecule has 0 saturated carbocycles. The average molecular weight is 418 g/mol. The maximum atomic E-state index is 12.6. The van der Waals surface area contributed by atoms with Crippen molar-refractivity contribution in [2.24, 2.45) is 5.73 Å². The lowest BCUT2D eigenvalue weighted by molar-refractivity contribution is -0.140. The fourth-order valence-corrected chi connectivity index (χ4v) is 3.03. The lowest BCUT2D eigenvalue weighted by Gasteiger charge is -2.27. The van der Waals surface area contributed by atoms with Crippen LogP contribution in [-0.2, 0) is 19.1 Å². The minimum absolute atomic E-state index is 0.00645. The summed E-state index contributed by atoms with van der Waals surface area (Å²) in [5.74, 6) is -2.35. The second-order valence-electron chi connectivity index (χ2n) is 6.05. The van der Waals surface area contributed by atoms with Gasteiger partial charge in [-0.05, 0) is 31.5 Å². The Hall–Kier alpha value is -3.87. The smallest absolute Gasteiger partial charge is 0.341 e. The fraction of sp³-hybridized carbons (Fsp3) is 0.350. The molecule has 0 aliphatic carbocycles. The summed E-state index contributed by atoms with van der Waals surface area (Å²) < 4.78 is 26.4. The van der Waals surface area contributed by atoms with Gasteiger partial charge in [-0.25, -0.2) is 9.59 Å². The second-order valence-corrected chi connectivity index (χ2v) is 6.05. The Bertz CT molecular complexity index is 933. The molecular weight excluding hydrogens is 396 g/mol. The number of nitriles is 1. The van der Waals surface area contributed by atoms with Gasteiger partial charge in [0.05, 0.1) is 32.3 Å². The topological polar surface area (TPSA) is 150 Å². The number of hydrogen-bond acceptors (Lipinski definition) is 9. The number of carbonyl (C=O) groups excluding carboxylic acids is 1. The molecule has 1 atom stereocenters. The number of esters is 1. The molecule has 10 nitrogen and oxygen atoms in total. The molecule has 0 saturated heterocycles. The number of benzene rings is 1. The van der Waals surface area contributed by atoms with Gasteiger partial charge >= 0.3 is 11.9 Å². The third kappa shape index (κ3) is 4.41. The van der Waals surface area contributed by atoms with E-state index in [9.17, 15) is 14.9 Å². The Morgan fingerprint density at radius 1 is 1.27 bits per heavy atom. The monoisotopic (exact) mass is 418 g/mol. The molecule has 30 heavy (non-hydrogen) atoms. The summed E-state index contributed by atoms with van der Waals surface area (Å²) in [6, 6.07) is 4.99. The highest BCUT2D eigenvalue weighted by Crippen LogP contribution is 2.46. The van der Waals surface area contributed by atoms with Gasteiger partial charge in [-0.2, -0.15) is 5.26 Å². The average Bonchev–Trinajstić information content (AvgIpc) is 2.70. The first-order chi connectivity index (χ1) is 14.3. The lowest BCUT2D eigenvalue weighted by Crippen LogP contribution is -2.25. The maximum absolute atomic E-state index is 12.6. The highest BCUT2D eigenvalue weighted by Gasteiger charge is 2.37. The van der Waals surface area contributed by atoms with Gasteiger partial charge in [0.25, 0.3) is 0 Å². The minimum atomic E-state index is -1.18. The third-order valence-electron chi connectivity index (χ3n) is 4.26. The molecule has 0 fully saturated rings. The number of nitrogens with zero attached hydrogens (tertiary/aromatic N) is 1. The molecule has 0 radical (unpaired) electrons. The Morgan fingerprint density at radius 3 is 2.33 bits per heavy atom. The number of aliphatic carboxylic acids is 1. The van der Waals surface area contributed by atoms with E-state index in [2.05, 4.69) is 0 Å². The normalized spacial score (nSPS) is 15.8. The first-order valence-corrected chi connectivity index (χ1v) is 8.84. The molecule has 0 amide bonds. The molecule has 0 aromatic heterocycles. The molecule has 1 heterocycles. The number of rotatable bonds is 8. The zero-order valence-corrected chi connectivity index (χ0v) is 17.0. The zero-order chi connectivity index (χ0) is 22.4. The van der Waals surface area contributed by atoms with E-state index in [4.69, 9.17) is 34.5 Å². The van der Waals surface area contributed by atoms with Crippen LogP contribution in [0.15, 0.2) is 34.9 Å². The first-order valence-electron chi connectivity index (χ1n) is 8.84. The Balaban J connectivity index is 2.70. The summed E-state index contributed by atoms with van der Waals surface area (Å²) in [5.41, 5.74) is 6.41. The number of nitrogens with two attached hydrogens (primary N) is 1. The maximum Gasteiger partial charge on any atom is 0.341 e. The highest BCUT2D eigenvalue weighted by atomic mass is 16.5. The van der Waals surface area contributed by atoms with E-state index >= 15 is 0 Å². The molecule has 1 unspecified atom stereocenters. The van der Waals surface area contributed by atoms with Gasteiger partial charge in [0, 0.05) is 0 Å². The fourth-order valence-electron chi connectivity index (χ4n) is 3.03. The number of carboxylic acid groups (broad SMARTS) is 1. The Labute approximate surface area is 173 Å². The van der Waals surface area contributed by atoms with Gasteiger partial charge in [0.1, 0.15) is 17.4 Å². The summed E-state index contributed by atoms with van der Waals surface area (Å²) >= 11 is 0. The van der Waals surface area contributed by atoms with Crippen LogP contribution in [0.4, 0.5) is 0 Å². The summed E-state index contributed by atoms with van der Waals surface area (Å²) in [4.78, 5) is 23.5. The molecule has 1 aromatic rings. The van der Waals surface area contributed by atoms with Crippen molar-refractivity contribution in [2.75, 3.05) is 27.4 Å². The van der Waals surface area contributed by atoms with E-state index in [1.165, 1.54) is 26.4 Å². The summed E-state index contributed by atoms with van der Waals surface area (Å²) in [6.45, 7) is 2.70. The standard InChI is InChI=1S/C20H22N2O8/c1-5-28-20(25)16-10(2)30-19(22)12(8-21)17(16)11-6-13(26-3)18(14(7-11)27-4)29-9-15(23)24/h6-7,17H,5,9,22H2,1-4H3,(H,23,24). The van der Waals surface area contributed by atoms with Crippen LogP contribution >= 0.6 is 0 Å². The van der Waals surface area contributed by atoms with Crippen LogP contribution in [-0.4, -0.2) is 44.5 Å². The molecule has 1 aliphatic heterocycles. The van der Waals surface area contributed by atoms with Crippen molar-refractivity contribution >= 4 is 11.9 Å². The van der Waals surface area contributed by atoms with Gasteiger partial charge in [-0.15, -0.1) is 0 Å². The van der Waals surface area contributed by atoms with Crippen LogP contribution < -0.4 is 19.9 Å². The number of hydrogen-bond donors (Lipinski definition) is 2. The van der Waals surface area contributed by atoms with E-state index in [1.807, 2.05) is 6.07 Å². The number of ether oxygens (including phenoxy) is 5. The van der Waals surface area contributed by atoms with Crippen molar-refractivity contribution in [1.82, 2.24) is 0 Å². The van der Waals surface area contributed by atoms with Crippen LogP contribution in [0.1, 0.15) is 25.3 Å². The molecule has 1 aromatic carbocycles. The molecule has 2 rings (SSSR count). The Kier molecular flexibility index (Phi) is 7.14. The van der Waals surface area contributed by atoms with Crippen LogP contribution in [0.2, 0.25) is 0 Å². The lowest BCUT2D eigenvalue weighted by atomic mass is 9.83. The molecule has 3 N–H and O–H groups in total. The van der Waals surface area contributed by atoms with E-state index in [0.29, 0.717) is 5.56 Å². The van der Waals surface area contributed by atoms with Crippen LogP contribution in [0.3, 0.4) is 0 Å². The van der Waals surface area contributed by atoms with Crippen molar-refractivity contribution in [2.45, 2.75) is 19.8 Å². The van der Waals surface area contributed by atoms with Crippen molar-refractivity contribution in [1.29, 1.82) is 5.26 Å². The van der Waals surface area contributed by atoms with E-state index in [0.717, 1.165) is 0 Å². The van der Waals surface area contributed by atoms with Crippen molar-refractivity contribution < 1.29 is 38.4 Å². The van der Waals surface area contributed by atoms with Crippen molar-refractivity contribution in [3.63, 3.8) is 0 Å². The minimum Gasteiger partial charge on any atom is -0.493 e. The van der Waals surface area contributed by atoms with Gasteiger partial charge in [-0.1, -0.05) is 0 Å². The number of methoxy groups -OCH3 is 2. The zero-order valence-electron chi connectivity index (χ0n) is 17.0. The Morgan fingerprint density at radius 2 is 1.87 bits per heavy atom. The third-order valence-corrected chi connectivity index (χ3v) is 4.26.